The zero-order valence-electron chi connectivity index (χ0n) is 12.7. The van der Waals surface area contributed by atoms with Crippen molar-refractivity contribution in [2.75, 3.05) is 13.2 Å². The van der Waals surface area contributed by atoms with Gasteiger partial charge >= 0.3 is 0 Å². The zero-order valence-corrected chi connectivity index (χ0v) is 12.7. The lowest BCUT2D eigenvalue weighted by atomic mass is 9.84. The molecule has 1 fully saturated rings. The highest BCUT2D eigenvalue weighted by Gasteiger charge is 2.24. The third-order valence-corrected chi connectivity index (χ3v) is 4.50. The van der Waals surface area contributed by atoms with Crippen LogP contribution in [0.3, 0.4) is 0 Å². The molecule has 2 unspecified atom stereocenters. The molecule has 0 amide bonds. The molecule has 2 atom stereocenters. The summed E-state index contributed by atoms with van der Waals surface area (Å²) in [5, 5.41) is 0. The van der Waals surface area contributed by atoms with Crippen LogP contribution in [0.15, 0.2) is 0 Å². The van der Waals surface area contributed by atoms with E-state index in [0.29, 0.717) is 11.5 Å². The van der Waals surface area contributed by atoms with Gasteiger partial charge in [-0.05, 0) is 43.6 Å². The van der Waals surface area contributed by atoms with Gasteiger partial charge in [-0.3, -0.25) is 0 Å². The van der Waals surface area contributed by atoms with Gasteiger partial charge in [-0.15, -0.1) is 0 Å². The summed E-state index contributed by atoms with van der Waals surface area (Å²) in [6, 6.07) is 0. The summed E-state index contributed by atoms with van der Waals surface area (Å²) in [5.74, 6) is 0.819. The lowest BCUT2D eigenvalue weighted by molar-refractivity contribution is -0.0140. The van der Waals surface area contributed by atoms with Gasteiger partial charge in [0.25, 0.3) is 0 Å². The molecule has 0 spiro atoms. The molecule has 0 saturated heterocycles. The highest BCUT2D eigenvalue weighted by molar-refractivity contribution is 4.75. The molecule has 1 aliphatic rings. The molecular formula is C16H33NO. The summed E-state index contributed by atoms with van der Waals surface area (Å²) in [4.78, 5) is 0. The molecule has 2 heteroatoms. The van der Waals surface area contributed by atoms with Crippen molar-refractivity contribution in [2.45, 2.75) is 78.2 Å². The maximum Gasteiger partial charge on any atom is 0.0603 e. The maximum atomic E-state index is 6.10. The first kappa shape index (κ1) is 16.0. The fraction of sp³-hybridized carbons (Fsp3) is 1.00. The van der Waals surface area contributed by atoms with Gasteiger partial charge in [-0.25, -0.2) is 0 Å². The number of hydrogen-bond acceptors (Lipinski definition) is 2. The van der Waals surface area contributed by atoms with E-state index in [2.05, 4.69) is 20.8 Å². The van der Waals surface area contributed by atoms with Crippen LogP contribution < -0.4 is 5.73 Å². The van der Waals surface area contributed by atoms with Gasteiger partial charge in [-0.1, -0.05) is 46.5 Å². The summed E-state index contributed by atoms with van der Waals surface area (Å²) in [6.45, 7) is 8.54. The van der Waals surface area contributed by atoms with Crippen LogP contribution in [0, 0.1) is 11.3 Å². The van der Waals surface area contributed by atoms with E-state index in [1.807, 2.05) is 0 Å². The van der Waals surface area contributed by atoms with Crippen molar-refractivity contribution in [1.82, 2.24) is 0 Å². The zero-order chi connectivity index (χ0) is 13.4. The van der Waals surface area contributed by atoms with Crippen LogP contribution in [0.2, 0.25) is 0 Å². The van der Waals surface area contributed by atoms with Crippen molar-refractivity contribution in [2.24, 2.45) is 17.1 Å². The second kappa shape index (κ2) is 8.16. The number of unbranched alkanes of at least 4 members (excludes halogenated alkanes) is 1. The molecule has 18 heavy (non-hydrogen) atoms. The van der Waals surface area contributed by atoms with E-state index in [-0.39, 0.29) is 0 Å². The van der Waals surface area contributed by atoms with E-state index in [1.165, 1.54) is 51.4 Å². The van der Waals surface area contributed by atoms with Crippen LogP contribution >= 0.6 is 0 Å². The van der Waals surface area contributed by atoms with Crippen LogP contribution in [0.4, 0.5) is 0 Å². The lowest BCUT2D eigenvalue weighted by Gasteiger charge is -2.31. The average molecular weight is 255 g/mol. The summed E-state index contributed by atoms with van der Waals surface area (Å²) in [5.41, 5.74) is 6.05. The van der Waals surface area contributed by atoms with Gasteiger partial charge < -0.3 is 10.5 Å². The standard InChI is InChI=1S/C16H33NO/c1-4-14-9-5-6-10-15(14)18-12-8-7-11-16(2,3)13-17/h14-15H,4-13,17H2,1-3H3. The Kier molecular flexibility index (Phi) is 7.25. The molecule has 0 aromatic rings. The molecule has 2 N–H and O–H groups in total. The Bertz CT molecular complexity index is 215. The topological polar surface area (TPSA) is 35.2 Å². The van der Waals surface area contributed by atoms with Gasteiger partial charge in [0, 0.05) is 6.61 Å². The molecule has 2 nitrogen and oxygen atoms in total. The van der Waals surface area contributed by atoms with E-state index >= 15 is 0 Å². The van der Waals surface area contributed by atoms with Gasteiger partial charge in [0.2, 0.25) is 0 Å². The summed E-state index contributed by atoms with van der Waals surface area (Å²) in [7, 11) is 0. The Morgan fingerprint density at radius 1 is 1.17 bits per heavy atom. The second-order valence-corrected chi connectivity index (χ2v) is 6.69. The van der Waals surface area contributed by atoms with E-state index in [9.17, 15) is 0 Å². The molecule has 1 rings (SSSR count). The van der Waals surface area contributed by atoms with Crippen molar-refractivity contribution in [1.29, 1.82) is 0 Å². The van der Waals surface area contributed by atoms with Crippen molar-refractivity contribution >= 4 is 0 Å². The van der Waals surface area contributed by atoms with Crippen LogP contribution in [0.1, 0.15) is 72.1 Å². The molecule has 0 radical (unpaired) electrons. The summed E-state index contributed by atoms with van der Waals surface area (Å²) >= 11 is 0. The van der Waals surface area contributed by atoms with Gasteiger partial charge in [0.05, 0.1) is 6.10 Å². The van der Waals surface area contributed by atoms with Crippen molar-refractivity contribution in [3.63, 3.8) is 0 Å². The van der Waals surface area contributed by atoms with E-state index < -0.39 is 0 Å². The highest BCUT2D eigenvalue weighted by atomic mass is 16.5. The van der Waals surface area contributed by atoms with Crippen LogP contribution in [0.25, 0.3) is 0 Å². The van der Waals surface area contributed by atoms with Crippen LogP contribution in [-0.2, 0) is 4.74 Å². The van der Waals surface area contributed by atoms with Crippen molar-refractivity contribution < 1.29 is 4.74 Å². The maximum absolute atomic E-state index is 6.10. The number of ether oxygens (including phenoxy) is 1. The fourth-order valence-corrected chi connectivity index (χ4v) is 2.90. The highest BCUT2D eigenvalue weighted by Crippen LogP contribution is 2.29. The minimum atomic E-state index is 0.302. The van der Waals surface area contributed by atoms with E-state index in [4.69, 9.17) is 10.5 Å². The van der Waals surface area contributed by atoms with E-state index in [1.54, 1.807) is 0 Å². The van der Waals surface area contributed by atoms with Gasteiger partial charge in [0.15, 0.2) is 0 Å². The number of rotatable bonds is 8. The fourth-order valence-electron chi connectivity index (χ4n) is 2.90. The minimum absolute atomic E-state index is 0.302. The lowest BCUT2D eigenvalue weighted by Crippen LogP contribution is -2.28. The smallest absolute Gasteiger partial charge is 0.0603 e. The molecule has 0 aromatic heterocycles. The third-order valence-electron chi connectivity index (χ3n) is 4.50. The largest absolute Gasteiger partial charge is 0.378 e. The van der Waals surface area contributed by atoms with Crippen LogP contribution in [-0.4, -0.2) is 19.3 Å². The molecule has 0 aromatic carbocycles. The monoisotopic (exact) mass is 255 g/mol. The molecule has 0 aliphatic heterocycles. The van der Waals surface area contributed by atoms with Gasteiger partial charge in [-0.2, -0.15) is 0 Å². The molecular weight excluding hydrogens is 222 g/mol. The molecule has 0 bridgehead atoms. The SMILES string of the molecule is CCC1CCCCC1OCCCCC(C)(C)CN. The third kappa shape index (κ3) is 5.71. The first-order chi connectivity index (χ1) is 8.59. The Morgan fingerprint density at radius 3 is 2.56 bits per heavy atom. The predicted octanol–water partition coefficient (Wildman–Crippen LogP) is 4.13. The first-order valence-corrected chi connectivity index (χ1v) is 7.90. The normalized spacial score (nSPS) is 25.3. The summed E-state index contributed by atoms with van der Waals surface area (Å²) < 4.78 is 6.10. The molecule has 1 saturated carbocycles. The second-order valence-electron chi connectivity index (χ2n) is 6.69. The summed E-state index contributed by atoms with van der Waals surface area (Å²) in [6.07, 6.45) is 10.9. The molecule has 108 valence electrons. The Balaban J connectivity index is 2.09. The van der Waals surface area contributed by atoms with Gasteiger partial charge in [0.1, 0.15) is 0 Å². The van der Waals surface area contributed by atoms with E-state index in [0.717, 1.165) is 19.1 Å². The number of hydrogen-bond donors (Lipinski definition) is 1. The predicted molar refractivity (Wildman–Crippen MR) is 78.7 cm³/mol. The Hall–Kier alpha value is -0.0800. The number of nitrogens with two attached hydrogens (primary N) is 1. The Morgan fingerprint density at radius 2 is 1.89 bits per heavy atom. The van der Waals surface area contributed by atoms with Crippen LogP contribution in [0.5, 0.6) is 0 Å². The minimum Gasteiger partial charge on any atom is -0.378 e. The average Bonchev–Trinajstić information content (AvgIpc) is 2.38. The quantitative estimate of drug-likeness (QED) is 0.662. The Labute approximate surface area is 114 Å². The first-order valence-electron chi connectivity index (χ1n) is 7.90. The molecule has 0 heterocycles. The van der Waals surface area contributed by atoms with Crippen molar-refractivity contribution in [3.8, 4) is 0 Å². The molecule has 1 aliphatic carbocycles. The van der Waals surface area contributed by atoms with Crippen molar-refractivity contribution in [3.05, 3.63) is 0 Å².